The molecule has 5 heteroatoms. The van der Waals surface area contributed by atoms with Crippen molar-refractivity contribution in [3.63, 3.8) is 0 Å². The van der Waals surface area contributed by atoms with Gasteiger partial charge < -0.3 is 5.11 Å². The average Bonchev–Trinajstić information content (AvgIpc) is 2.36. The van der Waals surface area contributed by atoms with Crippen molar-refractivity contribution in [2.45, 2.75) is 36.0 Å². The Bertz CT molecular complexity index is 529. The van der Waals surface area contributed by atoms with Gasteiger partial charge in [0, 0.05) is 4.47 Å². The number of fused-ring (bicyclic) bond motifs is 1. The molecule has 1 atom stereocenters. The third kappa shape index (κ3) is 1.81. The largest absolute Gasteiger partial charge is 0.389 e. The quantitative estimate of drug-likeness (QED) is 0.862. The van der Waals surface area contributed by atoms with Crippen LogP contribution in [0.2, 0.25) is 0 Å². The first-order valence-electron chi connectivity index (χ1n) is 4.97. The van der Waals surface area contributed by atoms with E-state index in [9.17, 15) is 13.5 Å². The number of benzene rings is 1. The third-order valence-corrected chi connectivity index (χ3v) is 5.89. The number of rotatable bonds is 1. The topological polar surface area (TPSA) is 54.4 Å². The summed E-state index contributed by atoms with van der Waals surface area (Å²) in [6.45, 7) is 3.08. The molecule has 1 aliphatic rings. The maximum absolute atomic E-state index is 12.2. The van der Waals surface area contributed by atoms with E-state index in [1.165, 1.54) is 13.8 Å². The molecule has 0 bridgehead atoms. The van der Waals surface area contributed by atoms with Gasteiger partial charge in [0.25, 0.3) is 0 Å². The number of halogens is 1. The summed E-state index contributed by atoms with van der Waals surface area (Å²) in [5, 5.41) is 9.16. The van der Waals surface area contributed by atoms with Crippen LogP contribution in [0.3, 0.4) is 0 Å². The Balaban J connectivity index is 2.59. The van der Waals surface area contributed by atoms with Gasteiger partial charge >= 0.3 is 0 Å². The Hall–Kier alpha value is -0.390. The van der Waals surface area contributed by atoms with Gasteiger partial charge in [0.15, 0.2) is 9.84 Å². The van der Waals surface area contributed by atoms with Gasteiger partial charge in [0.2, 0.25) is 0 Å². The van der Waals surface area contributed by atoms with Crippen LogP contribution in [-0.2, 0) is 16.3 Å². The molecule has 0 aromatic heterocycles. The van der Waals surface area contributed by atoms with E-state index >= 15 is 0 Å². The van der Waals surface area contributed by atoms with Crippen molar-refractivity contribution in [3.8, 4) is 0 Å². The number of sulfone groups is 1. The fourth-order valence-corrected chi connectivity index (χ4v) is 4.72. The van der Waals surface area contributed by atoms with E-state index in [-0.39, 0.29) is 0 Å². The lowest BCUT2D eigenvalue weighted by Gasteiger charge is -2.24. The summed E-state index contributed by atoms with van der Waals surface area (Å²) in [6, 6.07) is 5.11. The first kappa shape index (κ1) is 12.1. The molecule has 1 aliphatic heterocycles. The van der Waals surface area contributed by atoms with Gasteiger partial charge in [0.1, 0.15) is 0 Å². The smallest absolute Gasteiger partial charge is 0.184 e. The first-order valence-corrected chi connectivity index (χ1v) is 7.31. The van der Waals surface area contributed by atoms with Crippen LogP contribution >= 0.6 is 15.9 Å². The summed E-state index contributed by atoms with van der Waals surface area (Å²) in [5.41, 5.74) is -0.439. The minimum Gasteiger partial charge on any atom is -0.389 e. The Kier molecular flexibility index (Phi) is 2.68. The minimum absolute atomic E-state index is 0.350. The Morgan fingerprint density at radius 2 is 2.06 bits per heavy atom. The average molecular weight is 305 g/mol. The van der Waals surface area contributed by atoms with Gasteiger partial charge in [0.05, 0.1) is 15.7 Å². The van der Waals surface area contributed by atoms with E-state index in [1.807, 2.05) is 0 Å². The molecule has 1 N–H and O–H groups in total. The summed E-state index contributed by atoms with van der Waals surface area (Å²) in [5.74, 6) is 0. The number of aliphatic hydroxyl groups is 1. The molecule has 0 saturated carbocycles. The van der Waals surface area contributed by atoms with E-state index < -0.39 is 20.7 Å². The Morgan fingerprint density at radius 1 is 1.44 bits per heavy atom. The summed E-state index contributed by atoms with van der Waals surface area (Å²) < 4.78 is 25.2. The maximum Gasteiger partial charge on any atom is 0.184 e. The van der Waals surface area contributed by atoms with Crippen LogP contribution in [0.15, 0.2) is 27.6 Å². The molecule has 1 aromatic carbocycles. The SMILES string of the molecule is CC(C)(O)C1Cc2cc(Br)ccc2S1(=O)=O. The molecule has 16 heavy (non-hydrogen) atoms. The third-order valence-electron chi connectivity index (χ3n) is 2.90. The minimum atomic E-state index is -3.39. The molecule has 0 radical (unpaired) electrons. The number of hydrogen-bond acceptors (Lipinski definition) is 3. The second kappa shape index (κ2) is 3.55. The first-order chi connectivity index (χ1) is 7.23. The second-order valence-electron chi connectivity index (χ2n) is 4.64. The zero-order chi connectivity index (χ0) is 12.1. The van der Waals surface area contributed by atoms with Gasteiger partial charge in [-0.15, -0.1) is 0 Å². The fraction of sp³-hybridized carbons (Fsp3) is 0.455. The van der Waals surface area contributed by atoms with Crippen LogP contribution in [0.1, 0.15) is 19.4 Å². The molecule has 3 nitrogen and oxygen atoms in total. The zero-order valence-corrected chi connectivity index (χ0v) is 11.5. The van der Waals surface area contributed by atoms with Crippen molar-refractivity contribution >= 4 is 25.8 Å². The van der Waals surface area contributed by atoms with Gasteiger partial charge in [-0.25, -0.2) is 8.42 Å². The van der Waals surface area contributed by atoms with Gasteiger partial charge in [-0.2, -0.15) is 0 Å². The van der Waals surface area contributed by atoms with Crippen LogP contribution in [0.25, 0.3) is 0 Å². The summed E-state index contributed by atoms with van der Waals surface area (Å²) >= 11 is 3.32. The van der Waals surface area contributed by atoms with Crippen LogP contribution in [0.4, 0.5) is 0 Å². The highest BCUT2D eigenvalue weighted by Crippen LogP contribution is 2.37. The number of hydrogen-bond donors (Lipinski definition) is 1. The van der Waals surface area contributed by atoms with Crippen LogP contribution in [0, 0.1) is 0 Å². The molecule has 1 aromatic rings. The Morgan fingerprint density at radius 3 is 2.62 bits per heavy atom. The predicted octanol–water partition coefficient (Wildman–Crippen LogP) is 1.92. The molecule has 1 heterocycles. The van der Waals surface area contributed by atoms with Crippen LogP contribution in [0.5, 0.6) is 0 Å². The second-order valence-corrected chi connectivity index (χ2v) is 7.66. The van der Waals surface area contributed by atoms with E-state index in [0.29, 0.717) is 11.3 Å². The van der Waals surface area contributed by atoms with Gasteiger partial charge in [-0.05, 0) is 44.0 Å². The molecule has 0 saturated heterocycles. The molecule has 0 spiro atoms. The lowest BCUT2D eigenvalue weighted by atomic mass is 9.99. The molecule has 1 unspecified atom stereocenters. The van der Waals surface area contributed by atoms with E-state index in [1.54, 1.807) is 18.2 Å². The molecule has 0 aliphatic carbocycles. The monoisotopic (exact) mass is 304 g/mol. The predicted molar refractivity (Wildman–Crippen MR) is 65.1 cm³/mol. The van der Waals surface area contributed by atoms with Crippen molar-refractivity contribution in [1.82, 2.24) is 0 Å². The van der Waals surface area contributed by atoms with Crippen molar-refractivity contribution in [2.24, 2.45) is 0 Å². The van der Waals surface area contributed by atoms with E-state index in [4.69, 9.17) is 0 Å². The molecule has 2 rings (SSSR count). The normalized spacial score (nSPS) is 23.1. The summed E-state index contributed by atoms with van der Waals surface area (Å²) in [4.78, 5) is 0.350. The van der Waals surface area contributed by atoms with E-state index in [0.717, 1.165) is 10.0 Å². The lowest BCUT2D eigenvalue weighted by Crippen LogP contribution is -2.40. The van der Waals surface area contributed by atoms with Crippen molar-refractivity contribution in [2.75, 3.05) is 0 Å². The van der Waals surface area contributed by atoms with Gasteiger partial charge in [-0.3, -0.25) is 0 Å². The summed E-state index contributed by atoms with van der Waals surface area (Å²) in [6.07, 6.45) is 0.376. The fourth-order valence-electron chi connectivity index (χ4n) is 2.08. The van der Waals surface area contributed by atoms with Crippen LogP contribution < -0.4 is 0 Å². The molecular weight excluding hydrogens is 292 g/mol. The Labute approximate surface area is 104 Å². The lowest BCUT2D eigenvalue weighted by molar-refractivity contribution is 0.0761. The highest BCUT2D eigenvalue weighted by Gasteiger charge is 2.45. The molecule has 0 fully saturated rings. The maximum atomic E-state index is 12.2. The van der Waals surface area contributed by atoms with Gasteiger partial charge in [-0.1, -0.05) is 15.9 Å². The standard InChI is InChI=1S/C11H13BrO3S/c1-11(2,13)10-6-7-5-8(12)3-4-9(7)16(10,14)15/h3-5,10,13H,6H2,1-2H3. The summed E-state index contributed by atoms with van der Waals surface area (Å²) in [7, 11) is -3.39. The van der Waals surface area contributed by atoms with Crippen molar-refractivity contribution < 1.29 is 13.5 Å². The zero-order valence-electron chi connectivity index (χ0n) is 9.07. The molecule has 88 valence electrons. The van der Waals surface area contributed by atoms with Crippen LogP contribution in [-0.4, -0.2) is 24.4 Å². The van der Waals surface area contributed by atoms with Crippen molar-refractivity contribution in [1.29, 1.82) is 0 Å². The van der Waals surface area contributed by atoms with E-state index in [2.05, 4.69) is 15.9 Å². The molecular formula is C11H13BrO3S. The molecule has 0 amide bonds. The highest BCUT2D eigenvalue weighted by molar-refractivity contribution is 9.10. The van der Waals surface area contributed by atoms with Crippen molar-refractivity contribution in [3.05, 3.63) is 28.2 Å². The highest BCUT2D eigenvalue weighted by atomic mass is 79.9.